The number of likely N-dealkylation sites (N-methyl/N-ethyl adjacent to an activating group) is 1. The lowest BCUT2D eigenvalue weighted by Crippen LogP contribution is -2.59. The minimum Gasteiger partial charge on any atom is -0.394 e. The summed E-state index contributed by atoms with van der Waals surface area (Å²) in [5.41, 5.74) is -5.80. The summed E-state index contributed by atoms with van der Waals surface area (Å²) >= 11 is 0. The molecule has 0 spiro atoms. The molecule has 0 fully saturated rings. The summed E-state index contributed by atoms with van der Waals surface area (Å²) in [6, 6.07) is 4.74. The molecule has 7 nitrogen and oxygen atoms in total. The van der Waals surface area contributed by atoms with Crippen LogP contribution in [-0.4, -0.2) is 64.4 Å². The van der Waals surface area contributed by atoms with Crippen LogP contribution >= 0.6 is 0 Å². The highest BCUT2D eigenvalue weighted by molar-refractivity contribution is 6.01. The van der Waals surface area contributed by atoms with Gasteiger partial charge in [-0.15, -0.1) is 0 Å². The minimum atomic E-state index is -5.16. The van der Waals surface area contributed by atoms with Gasteiger partial charge in [0.2, 0.25) is 5.91 Å². The van der Waals surface area contributed by atoms with Crippen molar-refractivity contribution in [2.75, 3.05) is 26.9 Å². The van der Waals surface area contributed by atoms with Gasteiger partial charge < -0.3 is 25.5 Å². The van der Waals surface area contributed by atoms with Gasteiger partial charge in [-0.1, -0.05) is 18.2 Å². The highest BCUT2D eigenvalue weighted by Gasteiger charge is 2.46. The lowest BCUT2D eigenvalue weighted by molar-refractivity contribution is -0.143. The Hall–Kier alpha value is -3.16. The van der Waals surface area contributed by atoms with Gasteiger partial charge in [-0.25, -0.2) is 0 Å². The average molecular weight is 520 g/mol. The van der Waals surface area contributed by atoms with Gasteiger partial charge in [0.1, 0.15) is 5.54 Å². The fraction of sp³-hybridized carbons (Fsp3) is 0.391. The fourth-order valence-electron chi connectivity index (χ4n) is 4.13. The second kappa shape index (κ2) is 9.71. The smallest absolute Gasteiger partial charge is 0.394 e. The summed E-state index contributed by atoms with van der Waals surface area (Å²) in [5.74, 6) is -3.35. The molecule has 0 saturated carbocycles. The number of alkyl halides is 6. The first-order valence-corrected chi connectivity index (χ1v) is 10.5. The number of benzene rings is 2. The zero-order valence-corrected chi connectivity index (χ0v) is 18.7. The summed E-state index contributed by atoms with van der Waals surface area (Å²) in [6.07, 6.45) is -10.3. The second-order valence-corrected chi connectivity index (χ2v) is 8.51. The number of aliphatic hydroxyl groups is 3. The van der Waals surface area contributed by atoms with E-state index in [2.05, 4.69) is 5.32 Å². The number of carbonyl (C=O) groups excluding carboxylic acids is 2. The van der Waals surface area contributed by atoms with Gasteiger partial charge in [0.15, 0.2) is 0 Å². The van der Waals surface area contributed by atoms with Crippen molar-refractivity contribution in [2.24, 2.45) is 0 Å². The molecule has 0 aromatic heterocycles. The maximum Gasteiger partial charge on any atom is 0.416 e. The maximum absolute atomic E-state index is 13.5. The molecule has 13 heteroatoms. The Balaban J connectivity index is 2.27. The number of carbonyl (C=O) groups is 2. The van der Waals surface area contributed by atoms with E-state index in [4.69, 9.17) is 0 Å². The number of hydrogen-bond acceptors (Lipinski definition) is 5. The molecule has 1 aliphatic rings. The number of fused-ring (bicyclic) bond motifs is 1. The van der Waals surface area contributed by atoms with Crippen LogP contribution in [0.15, 0.2) is 42.5 Å². The first kappa shape index (κ1) is 27.4. The lowest BCUT2D eigenvalue weighted by atomic mass is 9.78. The monoisotopic (exact) mass is 520 g/mol. The first-order valence-electron chi connectivity index (χ1n) is 10.5. The standard InChI is InChI=1S/C23H22F6N2O5/c1-31-18(12-6-13(22(24,25)26)8-14(7-12)23(27,28)29)17(15-4-2-3-5-16(15)20(31)36)19(35)30-21(9-32,10-33)11-34/h2-8,17-18,32-34H,9-11H2,1H3,(H,30,35). The number of hydrogen-bond donors (Lipinski definition) is 4. The zero-order valence-electron chi connectivity index (χ0n) is 18.7. The molecule has 0 saturated heterocycles. The Morgan fingerprint density at radius 3 is 1.89 bits per heavy atom. The highest BCUT2D eigenvalue weighted by atomic mass is 19.4. The van der Waals surface area contributed by atoms with Gasteiger partial charge in [-0.05, 0) is 35.4 Å². The molecule has 36 heavy (non-hydrogen) atoms. The van der Waals surface area contributed by atoms with Crippen molar-refractivity contribution >= 4 is 11.8 Å². The van der Waals surface area contributed by atoms with Gasteiger partial charge >= 0.3 is 12.4 Å². The Morgan fingerprint density at radius 2 is 1.42 bits per heavy atom. The van der Waals surface area contributed by atoms with Crippen LogP contribution in [0.25, 0.3) is 0 Å². The second-order valence-electron chi connectivity index (χ2n) is 8.51. The van der Waals surface area contributed by atoms with Crippen molar-refractivity contribution in [1.29, 1.82) is 0 Å². The van der Waals surface area contributed by atoms with Crippen molar-refractivity contribution in [3.8, 4) is 0 Å². The molecular weight excluding hydrogens is 498 g/mol. The third-order valence-corrected chi connectivity index (χ3v) is 6.11. The molecule has 1 heterocycles. The summed E-state index contributed by atoms with van der Waals surface area (Å²) in [6.45, 7) is -2.79. The van der Waals surface area contributed by atoms with E-state index in [0.29, 0.717) is 12.1 Å². The number of nitrogens with one attached hydrogen (secondary N) is 1. The van der Waals surface area contributed by atoms with E-state index in [9.17, 15) is 51.3 Å². The lowest BCUT2D eigenvalue weighted by Gasteiger charge is -2.41. The average Bonchev–Trinajstić information content (AvgIpc) is 2.83. The van der Waals surface area contributed by atoms with Crippen LogP contribution in [0.1, 0.15) is 44.6 Å². The van der Waals surface area contributed by atoms with Gasteiger partial charge in [-0.2, -0.15) is 26.3 Å². The first-order chi connectivity index (χ1) is 16.7. The van der Waals surface area contributed by atoms with Gasteiger partial charge in [0.05, 0.1) is 42.9 Å². The normalized spacial score (nSPS) is 18.7. The van der Waals surface area contributed by atoms with Crippen LogP contribution in [-0.2, 0) is 17.1 Å². The molecule has 2 aromatic carbocycles. The molecule has 0 radical (unpaired) electrons. The molecule has 0 aliphatic carbocycles. The third kappa shape index (κ3) is 5.04. The zero-order chi connectivity index (χ0) is 27.1. The van der Waals surface area contributed by atoms with E-state index in [1.54, 1.807) is 0 Å². The van der Waals surface area contributed by atoms with Crippen LogP contribution in [0.4, 0.5) is 26.3 Å². The van der Waals surface area contributed by atoms with E-state index in [1.807, 2.05) is 0 Å². The summed E-state index contributed by atoms with van der Waals surface area (Å²) in [4.78, 5) is 27.3. The predicted octanol–water partition coefficient (Wildman–Crippen LogP) is 2.47. The van der Waals surface area contributed by atoms with Gasteiger partial charge in [0, 0.05) is 12.6 Å². The number of nitrogens with zero attached hydrogens (tertiary/aromatic N) is 1. The van der Waals surface area contributed by atoms with Crippen molar-refractivity contribution < 1.29 is 51.3 Å². The Bertz CT molecular complexity index is 1110. The van der Waals surface area contributed by atoms with Crippen LogP contribution in [0, 0.1) is 0 Å². The molecule has 1 aliphatic heterocycles. The van der Waals surface area contributed by atoms with Crippen molar-refractivity contribution in [3.05, 3.63) is 70.3 Å². The van der Waals surface area contributed by atoms with E-state index < -0.39 is 78.2 Å². The number of halogens is 6. The minimum absolute atomic E-state index is 0.0109. The van der Waals surface area contributed by atoms with Crippen molar-refractivity contribution in [3.63, 3.8) is 0 Å². The molecule has 2 aromatic rings. The molecular formula is C23H22F6N2O5. The Morgan fingerprint density at radius 1 is 0.917 bits per heavy atom. The summed E-state index contributed by atoms with van der Waals surface area (Å²) in [5, 5.41) is 31.0. The van der Waals surface area contributed by atoms with E-state index in [0.717, 1.165) is 11.9 Å². The quantitative estimate of drug-likeness (QED) is 0.438. The predicted molar refractivity (Wildman–Crippen MR) is 113 cm³/mol. The SMILES string of the molecule is CN1C(=O)c2ccccc2C(C(=O)NC(CO)(CO)CO)C1c1cc(C(F)(F)F)cc(C(F)(F)F)c1. The number of amides is 2. The van der Waals surface area contributed by atoms with Crippen LogP contribution in [0.2, 0.25) is 0 Å². The number of rotatable bonds is 6. The van der Waals surface area contributed by atoms with Crippen molar-refractivity contribution in [1.82, 2.24) is 10.2 Å². The molecule has 0 bridgehead atoms. The molecule has 2 atom stereocenters. The molecule has 4 N–H and O–H groups in total. The van der Waals surface area contributed by atoms with E-state index >= 15 is 0 Å². The van der Waals surface area contributed by atoms with E-state index in [-0.39, 0.29) is 17.2 Å². The molecule has 3 rings (SSSR count). The van der Waals surface area contributed by atoms with Crippen molar-refractivity contribution in [2.45, 2.75) is 29.9 Å². The molecule has 2 unspecified atom stereocenters. The Labute approximate surface area is 201 Å². The molecule has 196 valence electrons. The van der Waals surface area contributed by atoms with Crippen LogP contribution in [0.5, 0.6) is 0 Å². The summed E-state index contributed by atoms with van der Waals surface area (Å²) in [7, 11) is 1.13. The topological polar surface area (TPSA) is 110 Å². The Kier molecular flexibility index (Phi) is 7.40. The fourth-order valence-corrected chi connectivity index (χ4v) is 4.13. The third-order valence-electron chi connectivity index (χ3n) is 6.11. The van der Waals surface area contributed by atoms with E-state index in [1.165, 1.54) is 24.3 Å². The van der Waals surface area contributed by atoms with Gasteiger partial charge in [-0.3, -0.25) is 9.59 Å². The highest BCUT2D eigenvalue weighted by Crippen LogP contribution is 2.45. The van der Waals surface area contributed by atoms with Gasteiger partial charge in [0.25, 0.3) is 5.91 Å². The summed E-state index contributed by atoms with van der Waals surface area (Å²) < 4.78 is 81.1. The number of aliphatic hydroxyl groups excluding tert-OH is 3. The maximum atomic E-state index is 13.5. The molecule has 2 amide bonds. The van der Waals surface area contributed by atoms with Crippen LogP contribution in [0.3, 0.4) is 0 Å². The largest absolute Gasteiger partial charge is 0.416 e. The van der Waals surface area contributed by atoms with Crippen LogP contribution < -0.4 is 5.32 Å².